The molecule has 0 aromatic rings. The van der Waals surface area contributed by atoms with Crippen molar-refractivity contribution in [3.8, 4) is 0 Å². The van der Waals surface area contributed by atoms with Crippen LogP contribution < -0.4 is 5.32 Å². The van der Waals surface area contributed by atoms with Crippen LogP contribution in [0.3, 0.4) is 0 Å². The Labute approximate surface area is 463 Å². The van der Waals surface area contributed by atoms with Crippen LogP contribution >= 0.6 is 0 Å². The molecule has 2 fully saturated rings. The molecule has 0 radical (unpaired) electrons. The standard InChI is InChI=1S/C63H103NO13/c1-3-5-7-9-11-13-15-17-19-21-23-24-25-26-27-28-29-31-33-35-37-39-41-43-45-47-55(68)64-51(52(67)46-44-42-40-38-36-34-32-30-22-20-18-16-14-12-10-8-6-4-2)50-74-62-60(73)58(71)61(54(49-66)76-62)77-63-59(72)57(70)56(69)53(48-65)75-63/h5,7,11,13,17,19,22-24,26-27,29-31,35-38,44,46,51-54,56-63,65-67,69-73H,3-4,6,8-10,12,14-16,18,20-21,25,28,32-34,39-43,45,47-50H2,1-2H3,(H,64,68)/b7-5-,13-11-,19-17-,24-23-,27-26-,30-22+,31-29-,37-35-,38-36+,46-44+. The van der Waals surface area contributed by atoms with Crippen LogP contribution in [0.15, 0.2) is 122 Å². The first-order valence-corrected chi connectivity index (χ1v) is 29.3. The molecule has 0 bridgehead atoms. The minimum Gasteiger partial charge on any atom is -0.394 e. The van der Waals surface area contributed by atoms with Gasteiger partial charge in [0.25, 0.3) is 0 Å². The number of amides is 1. The minimum absolute atomic E-state index is 0.221. The number of aliphatic hydroxyl groups is 8. The van der Waals surface area contributed by atoms with Crippen molar-refractivity contribution in [1.82, 2.24) is 5.32 Å². The van der Waals surface area contributed by atoms with Crippen molar-refractivity contribution in [2.45, 2.75) is 248 Å². The van der Waals surface area contributed by atoms with E-state index in [4.69, 9.17) is 18.9 Å². The quantitative estimate of drug-likeness (QED) is 0.0205. The molecule has 12 atom stereocenters. The summed E-state index contributed by atoms with van der Waals surface area (Å²) in [5, 5.41) is 87.0. The van der Waals surface area contributed by atoms with Gasteiger partial charge in [-0.3, -0.25) is 4.79 Å². The Hall–Kier alpha value is -3.61. The van der Waals surface area contributed by atoms with Crippen LogP contribution in [-0.2, 0) is 23.7 Å². The van der Waals surface area contributed by atoms with E-state index in [1.165, 1.54) is 51.4 Å². The molecule has 77 heavy (non-hydrogen) atoms. The Morgan fingerprint density at radius 3 is 1.43 bits per heavy atom. The second-order valence-electron chi connectivity index (χ2n) is 20.0. The first-order valence-electron chi connectivity index (χ1n) is 29.3. The lowest BCUT2D eigenvalue weighted by molar-refractivity contribution is -0.359. The molecular formula is C63H103NO13. The molecule has 2 rings (SSSR count). The maximum absolute atomic E-state index is 13.2. The van der Waals surface area contributed by atoms with Gasteiger partial charge in [0.05, 0.1) is 32.0 Å². The highest BCUT2D eigenvalue weighted by molar-refractivity contribution is 5.76. The zero-order chi connectivity index (χ0) is 56.0. The van der Waals surface area contributed by atoms with E-state index >= 15 is 0 Å². The molecule has 14 heteroatoms. The largest absolute Gasteiger partial charge is 0.394 e. The number of carbonyl (C=O) groups excluding carboxylic acids is 1. The smallest absolute Gasteiger partial charge is 0.220 e. The second-order valence-corrected chi connectivity index (χ2v) is 20.0. The molecule has 0 aromatic heterocycles. The van der Waals surface area contributed by atoms with Crippen LogP contribution in [-0.4, -0.2) is 140 Å². The summed E-state index contributed by atoms with van der Waals surface area (Å²) in [7, 11) is 0. The maximum atomic E-state index is 13.2. The van der Waals surface area contributed by atoms with Crippen molar-refractivity contribution in [2.75, 3.05) is 19.8 Å². The zero-order valence-electron chi connectivity index (χ0n) is 46.9. The predicted molar refractivity (Wildman–Crippen MR) is 308 cm³/mol. The number of allylic oxidation sites excluding steroid dienone is 19. The van der Waals surface area contributed by atoms with Crippen molar-refractivity contribution >= 4 is 5.91 Å². The molecule has 438 valence electrons. The SMILES string of the molecule is CC/C=C\C/C=C\C/C=C\C/C=C\C/C=C\C/C=C\C/C=C\CCCCCC(=O)NC(COC1OC(CO)C(OC2OC(CO)C(O)C(O)C2O)C(O)C1O)C(O)/C=C/CC/C=C/CC/C=C/CCCCCCCCCC. The molecule has 14 nitrogen and oxygen atoms in total. The molecule has 2 aliphatic rings. The highest BCUT2D eigenvalue weighted by atomic mass is 16.7. The molecule has 2 aliphatic heterocycles. The molecule has 2 heterocycles. The summed E-state index contributed by atoms with van der Waals surface area (Å²) >= 11 is 0. The van der Waals surface area contributed by atoms with Gasteiger partial charge >= 0.3 is 0 Å². The number of carbonyl (C=O) groups is 1. The van der Waals surface area contributed by atoms with E-state index < -0.39 is 86.8 Å². The monoisotopic (exact) mass is 1080 g/mol. The summed E-state index contributed by atoms with van der Waals surface area (Å²) in [4.78, 5) is 13.2. The van der Waals surface area contributed by atoms with E-state index in [0.717, 1.165) is 89.9 Å². The van der Waals surface area contributed by atoms with Gasteiger partial charge in [-0.25, -0.2) is 0 Å². The predicted octanol–water partition coefficient (Wildman–Crippen LogP) is 9.83. The van der Waals surface area contributed by atoms with E-state index in [2.05, 4.69) is 129 Å². The fraction of sp³-hybridized carbons (Fsp3) is 0.667. The third-order valence-corrected chi connectivity index (χ3v) is 13.4. The fourth-order valence-corrected chi connectivity index (χ4v) is 8.65. The third kappa shape index (κ3) is 32.9. The van der Waals surface area contributed by atoms with Crippen LogP contribution in [0.2, 0.25) is 0 Å². The van der Waals surface area contributed by atoms with Crippen LogP contribution in [0.5, 0.6) is 0 Å². The molecule has 0 spiro atoms. The second kappa shape index (κ2) is 47.2. The Morgan fingerprint density at radius 1 is 0.481 bits per heavy atom. The average Bonchev–Trinajstić information content (AvgIpc) is 3.44. The van der Waals surface area contributed by atoms with E-state index in [0.29, 0.717) is 12.8 Å². The number of hydrogen-bond acceptors (Lipinski definition) is 13. The molecule has 0 aromatic carbocycles. The van der Waals surface area contributed by atoms with Crippen LogP contribution in [0.25, 0.3) is 0 Å². The van der Waals surface area contributed by atoms with Crippen LogP contribution in [0.4, 0.5) is 0 Å². The summed E-state index contributed by atoms with van der Waals surface area (Å²) in [6.07, 6.45) is 50.9. The minimum atomic E-state index is -1.80. The van der Waals surface area contributed by atoms with Gasteiger partial charge in [-0.05, 0) is 103 Å². The number of hydrogen-bond donors (Lipinski definition) is 9. The van der Waals surface area contributed by atoms with Gasteiger partial charge in [-0.2, -0.15) is 0 Å². The highest BCUT2D eigenvalue weighted by Gasteiger charge is 2.51. The van der Waals surface area contributed by atoms with Crippen LogP contribution in [0.1, 0.15) is 174 Å². The van der Waals surface area contributed by atoms with Crippen LogP contribution in [0, 0.1) is 0 Å². The van der Waals surface area contributed by atoms with Gasteiger partial charge < -0.3 is 65.1 Å². The topological polar surface area (TPSA) is 228 Å². The normalized spacial score (nSPS) is 25.6. The summed E-state index contributed by atoms with van der Waals surface area (Å²) in [5.74, 6) is -0.291. The van der Waals surface area contributed by atoms with Crippen molar-refractivity contribution in [3.63, 3.8) is 0 Å². The number of ether oxygens (including phenoxy) is 4. The Balaban J connectivity index is 1.83. The molecule has 9 N–H and O–H groups in total. The highest BCUT2D eigenvalue weighted by Crippen LogP contribution is 2.30. The van der Waals surface area contributed by atoms with E-state index in [-0.39, 0.29) is 18.9 Å². The number of nitrogens with one attached hydrogen (secondary N) is 1. The van der Waals surface area contributed by atoms with Crippen molar-refractivity contribution in [1.29, 1.82) is 0 Å². The summed E-state index contributed by atoms with van der Waals surface area (Å²) in [6.45, 7) is 2.61. The van der Waals surface area contributed by atoms with Crippen molar-refractivity contribution in [3.05, 3.63) is 122 Å². The van der Waals surface area contributed by atoms with Crippen molar-refractivity contribution < 1.29 is 64.6 Å². The molecule has 12 unspecified atom stereocenters. The molecule has 0 aliphatic carbocycles. The Morgan fingerprint density at radius 2 is 0.909 bits per heavy atom. The first-order chi connectivity index (χ1) is 37.6. The number of rotatable bonds is 44. The van der Waals surface area contributed by atoms with E-state index in [1.807, 2.05) is 6.08 Å². The summed E-state index contributed by atoms with van der Waals surface area (Å²) < 4.78 is 22.7. The van der Waals surface area contributed by atoms with Gasteiger partial charge in [-0.15, -0.1) is 0 Å². The van der Waals surface area contributed by atoms with Gasteiger partial charge in [0.1, 0.15) is 48.8 Å². The molecule has 0 saturated carbocycles. The Kier molecular flexibility index (Phi) is 42.6. The van der Waals surface area contributed by atoms with Gasteiger partial charge in [0.2, 0.25) is 5.91 Å². The molecule has 1 amide bonds. The van der Waals surface area contributed by atoms with Gasteiger partial charge in [-0.1, -0.05) is 187 Å². The maximum Gasteiger partial charge on any atom is 0.220 e. The van der Waals surface area contributed by atoms with Crippen molar-refractivity contribution in [2.24, 2.45) is 0 Å². The zero-order valence-corrected chi connectivity index (χ0v) is 46.9. The van der Waals surface area contributed by atoms with Gasteiger partial charge in [0, 0.05) is 6.42 Å². The average molecular weight is 1080 g/mol. The number of unbranched alkanes of at least 4 members (excludes halogenated alkanes) is 13. The lowest BCUT2D eigenvalue weighted by atomic mass is 9.97. The lowest BCUT2D eigenvalue weighted by Gasteiger charge is -2.46. The summed E-state index contributed by atoms with van der Waals surface area (Å²) in [6, 6.07) is -0.965. The fourth-order valence-electron chi connectivity index (χ4n) is 8.65. The van der Waals surface area contributed by atoms with Gasteiger partial charge in [0.15, 0.2) is 12.6 Å². The lowest BCUT2D eigenvalue weighted by Crippen LogP contribution is -2.65. The Bertz CT molecular complexity index is 1750. The first kappa shape index (κ1) is 69.5. The van der Waals surface area contributed by atoms with E-state index in [1.54, 1.807) is 6.08 Å². The molecular weight excluding hydrogens is 979 g/mol. The summed E-state index contributed by atoms with van der Waals surface area (Å²) in [5.41, 5.74) is 0. The third-order valence-electron chi connectivity index (χ3n) is 13.4. The number of aliphatic hydroxyl groups excluding tert-OH is 8. The van der Waals surface area contributed by atoms with E-state index in [9.17, 15) is 45.6 Å². The molecule has 2 saturated heterocycles.